The van der Waals surface area contributed by atoms with Crippen LogP contribution in [0.15, 0.2) is 0 Å². The molecule has 0 aliphatic carbocycles. The Morgan fingerprint density at radius 3 is 2.22 bits per heavy atom. The van der Waals surface area contributed by atoms with E-state index in [-0.39, 0.29) is 51.5 Å². The summed E-state index contributed by atoms with van der Waals surface area (Å²) in [4.78, 5) is 12.3. The molecule has 0 saturated carbocycles. The fourth-order valence-electron chi connectivity index (χ4n) is 4.37. The molecule has 0 radical (unpaired) electrons. The third-order valence-electron chi connectivity index (χ3n) is 5.33. The van der Waals surface area contributed by atoms with Gasteiger partial charge in [0.15, 0.2) is 0 Å². The average molecular weight is 523 g/mol. The van der Waals surface area contributed by atoms with E-state index in [1.807, 2.05) is 48.5 Å². The van der Waals surface area contributed by atoms with Crippen LogP contribution in [0.1, 0.15) is 68.7 Å². The van der Waals surface area contributed by atoms with Gasteiger partial charge >= 0.3 is 199 Å². The molecule has 3 saturated heterocycles. The van der Waals surface area contributed by atoms with Crippen LogP contribution in [0, 0.1) is 5.92 Å². The Balaban J connectivity index is 1.59. The van der Waals surface area contributed by atoms with Crippen LogP contribution in [0.25, 0.3) is 0 Å². The van der Waals surface area contributed by atoms with E-state index in [0.29, 0.717) is 5.92 Å². The summed E-state index contributed by atoms with van der Waals surface area (Å²) in [5.74, 6) is -0.927. The first-order chi connectivity index (χ1) is 14.6. The number of rotatable bonds is 7. The van der Waals surface area contributed by atoms with Crippen LogP contribution >= 0.6 is 0 Å². The van der Waals surface area contributed by atoms with Gasteiger partial charge in [-0.05, 0) is 0 Å². The Morgan fingerprint density at radius 1 is 1.00 bits per heavy atom. The van der Waals surface area contributed by atoms with E-state index in [4.69, 9.17) is 28.4 Å². The molecule has 32 heavy (non-hydrogen) atoms. The Hall–Kier alpha value is -0.411. The molecule has 0 spiro atoms. The van der Waals surface area contributed by atoms with Gasteiger partial charge in [0.2, 0.25) is 0 Å². The maximum atomic E-state index is 12.3. The summed E-state index contributed by atoms with van der Waals surface area (Å²) in [6, 6.07) is 0.0687. The normalized spacial score (nSPS) is 34.1. The van der Waals surface area contributed by atoms with Crippen molar-refractivity contribution in [1.82, 2.24) is 5.32 Å². The second-order valence-corrected chi connectivity index (χ2v) is 13.5. The van der Waals surface area contributed by atoms with Gasteiger partial charge in [0.1, 0.15) is 0 Å². The molecule has 186 valence electrons. The van der Waals surface area contributed by atoms with Gasteiger partial charge < -0.3 is 0 Å². The molecule has 6 atom stereocenters. The van der Waals surface area contributed by atoms with E-state index in [1.54, 1.807) is 0 Å². The molecule has 3 rings (SSSR count). The molecular formula is C23H41NO7Se. The number of hydrogen-bond acceptors (Lipinski definition) is 7. The summed E-state index contributed by atoms with van der Waals surface area (Å²) in [6.45, 7) is 17.6. The Kier molecular flexibility index (Phi) is 7.93. The first-order valence-corrected chi connectivity index (χ1v) is 14.0. The zero-order valence-electron chi connectivity index (χ0n) is 20.9. The van der Waals surface area contributed by atoms with Crippen molar-refractivity contribution in [3.8, 4) is 0 Å². The molecule has 8 nitrogen and oxygen atoms in total. The predicted molar refractivity (Wildman–Crippen MR) is 121 cm³/mol. The number of alkyl carbamates (subject to hydrolysis) is 1. The van der Waals surface area contributed by atoms with E-state index in [0.717, 1.165) is 17.1 Å². The maximum absolute atomic E-state index is 12.3. The molecule has 1 N–H and O–H groups in total. The zero-order valence-corrected chi connectivity index (χ0v) is 22.6. The molecular weight excluding hydrogens is 481 g/mol. The number of ether oxygens (including phenoxy) is 6. The van der Waals surface area contributed by atoms with Gasteiger partial charge in [0, 0.05) is 0 Å². The van der Waals surface area contributed by atoms with Crippen molar-refractivity contribution in [1.29, 1.82) is 0 Å². The molecule has 3 heterocycles. The van der Waals surface area contributed by atoms with Gasteiger partial charge in [-0.15, -0.1) is 0 Å². The van der Waals surface area contributed by atoms with Crippen LogP contribution in [-0.4, -0.2) is 75.0 Å². The number of carbonyl (C=O) groups is 1. The van der Waals surface area contributed by atoms with Gasteiger partial charge in [0.25, 0.3) is 0 Å². The summed E-state index contributed by atoms with van der Waals surface area (Å²) in [5.41, 5.74) is -0.511. The molecule has 3 aliphatic rings. The Morgan fingerprint density at radius 2 is 1.59 bits per heavy atom. The van der Waals surface area contributed by atoms with Crippen LogP contribution in [0.3, 0.4) is 0 Å². The van der Waals surface area contributed by atoms with Gasteiger partial charge in [0.05, 0.1) is 0 Å². The van der Waals surface area contributed by atoms with Gasteiger partial charge in [-0.3, -0.25) is 0 Å². The molecule has 0 aromatic carbocycles. The SMILES string of the molecule is CC(C)C[C@@H](C[Se]C[C@H]1O[C@@H]2OC(C)(C)O[C@@H]2[C@H]2OC(C)(C)O[C@H]21)NC(=O)OC(C)(C)C. The van der Waals surface area contributed by atoms with Crippen LogP contribution < -0.4 is 5.32 Å². The molecule has 3 aliphatic heterocycles. The van der Waals surface area contributed by atoms with Crippen LogP contribution in [0.4, 0.5) is 4.79 Å². The van der Waals surface area contributed by atoms with Crippen molar-refractivity contribution in [3.05, 3.63) is 0 Å². The molecule has 0 aromatic heterocycles. The monoisotopic (exact) mass is 523 g/mol. The second-order valence-electron chi connectivity index (χ2n) is 11.2. The summed E-state index contributed by atoms with van der Waals surface area (Å²) in [5, 5.41) is 4.79. The molecule has 3 fully saturated rings. The first kappa shape index (κ1) is 26.2. The van der Waals surface area contributed by atoms with E-state index in [1.165, 1.54) is 0 Å². The van der Waals surface area contributed by atoms with Crippen molar-refractivity contribution >= 4 is 21.1 Å². The summed E-state index contributed by atoms with van der Waals surface area (Å²) in [6.07, 6.45) is -0.781. The van der Waals surface area contributed by atoms with Gasteiger partial charge in [-0.2, -0.15) is 0 Å². The zero-order chi connectivity index (χ0) is 23.9. The van der Waals surface area contributed by atoms with Crippen molar-refractivity contribution in [2.24, 2.45) is 5.92 Å². The van der Waals surface area contributed by atoms with Crippen molar-refractivity contribution < 1.29 is 33.2 Å². The topological polar surface area (TPSA) is 84.5 Å². The van der Waals surface area contributed by atoms with Crippen molar-refractivity contribution in [2.45, 2.75) is 133 Å². The Bertz CT molecular complexity index is 663. The number of amides is 1. The molecule has 0 bridgehead atoms. The van der Waals surface area contributed by atoms with Crippen LogP contribution in [-0.2, 0) is 28.4 Å². The third kappa shape index (κ3) is 7.05. The summed E-state index contributed by atoms with van der Waals surface area (Å²) in [7, 11) is 0. The number of nitrogens with one attached hydrogen (secondary N) is 1. The third-order valence-corrected chi connectivity index (χ3v) is 7.85. The van der Waals surface area contributed by atoms with E-state index in [2.05, 4.69) is 19.2 Å². The molecule has 0 unspecified atom stereocenters. The van der Waals surface area contributed by atoms with E-state index in [9.17, 15) is 4.79 Å². The number of fused-ring (bicyclic) bond motifs is 3. The van der Waals surface area contributed by atoms with Gasteiger partial charge in [-0.25, -0.2) is 0 Å². The second kappa shape index (κ2) is 9.68. The molecule has 1 amide bonds. The fourth-order valence-corrected chi connectivity index (χ4v) is 6.76. The van der Waals surface area contributed by atoms with Crippen LogP contribution in [0.2, 0.25) is 10.6 Å². The predicted octanol–water partition coefficient (Wildman–Crippen LogP) is 3.86. The Labute approximate surface area is 198 Å². The summed E-state index contributed by atoms with van der Waals surface area (Å²) >= 11 is 0.224. The van der Waals surface area contributed by atoms with Gasteiger partial charge in [-0.1, -0.05) is 0 Å². The van der Waals surface area contributed by atoms with E-state index >= 15 is 0 Å². The average Bonchev–Trinajstić information content (AvgIpc) is 3.06. The standard InChI is InChI=1S/C23H41NO7Se/c1-13(2)10-14(24-20(25)31-21(3,4)5)11-32-12-15-16-17(28-22(6,7)27-16)18-19(26-15)30-23(8,9)29-18/h13-19H,10-12H2,1-9H3,(H,24,25)/t14-,15+,16-,17-,18+,19+/m0/s1. The number of hydrogen-bond donors (Lipinski definition) is 1. The first-order valence-electron chi connectivity index (χ1n) is 11.6. The van der Waals surface area contributed by atoms with Crippen molar-refractivity contribution in [3.63, 3.8) is 0 Å². The van der Waals surface area contributed by atoms with Crippen molar-refractivity contribution in [2.75, 3.05) is 0 Å². The summed E-state index contributed by atoms with van der Waals surface area (Å²) < 4.78 is 36.2. The quantitative estimate of drug-likeness (QED) is 0.509. The minimum absolute atomic E-state index is 0.0687. The van der Waals surface area contributed by atoms with Crippen LogP contribution in [0.5, 0.6) is 0 Å². The molecule has 0 aromatic rings. The molecule has 9 heteroatoms. The van der Waals surface area contributed by atoms with E-state index < -0.39 is 23.5 Å². The fraction of sp³-hybridized carbons (Fsp3) is 0.957. The number of carbonyl (C=O) groups excluding carboxylic acids is 1. The minimum atomic E-state index is -0.713.